The first-order valence-corrected chi connectivity index (χ1v) is 9.62. The Morgan fingerprint density at radius 3 is 2.16 bits per heavy atom. The summed E-state index contributed by atoms with van der Waals surface area (Å²) in [6.07, 6.45) is 2.70. The second-order valence-electron chi connectivity index (χ2n) is 6.48. The summed E-state index contributed by atoms with van der Waals surface area (Å²) in [4.78, 5) is 8.71. The zero-order valence-electron chi connectivity index (χ0n) is 17.8. The van der Waals surface area contributed by atoms with E-state index in [1.807, 2.05) is 24.3 Å². The topological polar surface area (TPSA) is 91.0 Å². The number of guanidine groups is 1. The van der Waals surface area contributed by atoms with E-state index in [1.54, 1.807) is 38.6 Å². The molecule has 0 amide bonds. The number of hydrogen-bond donors (Lipinski definition) is 2. The third-order valence-corrected chi connectivity index (χ3v) is 4.45. The zero-order valence-corrected chi connectivity index (χ0v) is 20.1. The number of ether oxygens (including phenoxy) is 3. The van der Waals surface area contributed by atoms with Crippen LogP contribution in [0, 0.1) is 0 Å². The number of nitrogens with two attached hydrogens (primary N) is 1. The molecule has 8 heteroatoms. The molecule has 0 unspecified atom stereocenters. The molecule has 3 aromatic rings. The molecule has 0 saturated heterocycles. The van der Waals surface area contributed by atoms with Crippen molar-refractivity contribution in [3.63, 3.8) is 0 Å². The van der Waals surface area contributed by atoms with E-state index in [9.17, 15) is 0 Å². The standard InChI is InChI=1S/C23H26N4O3.HI/c1-4-16-8-11-18(12-9-16)27-23(24)26-15-17-10-13-21(25-14-17)30-22-19(28-2)6-5-7-20(22)29-3;/h5-14H,4,15H2,1-3H3,(H3,24,26,27);1H. The van der Waals surface area contributed by atoms with Gasteiger partial charge in [-0.25, -0.2) is 9.98 Å². The van der Waals surface area contributed by atoms with Gasteiger partial charge in [-0.3, -0.25) is 0 Å². The van der Waals surface area contributed by atoms with Crippen molar-refractivity contribution in [1.29, 1.82) is 0 Å². The van der Waals surface area contributed by atoms with Gasteiger partial charge in [-0.1, -0.05) is 31.2 Å². The Labute approximate surface area is 199 Å². The summed E-state index contributed by atoms with van der Waals surface area (Å²) in [5, 5.41) is 3.09. The van der Waals surface area contributed by atoms with Crippen LogP contribution in [0.25, 0.3) is 0 Å². The van der Waals surface area contributed by atoms with E-state index in [-0.39, 0.29) is 24.0 Å². The second-order valence-corrected chi connectivity index (χ2v) is 6.48. The first-order valence-electron chi connectivity index (χ1n) is 9.62. The Bertz CT molecular complexity index is 970. The van der Waals surface area contributed by atoms with Crippen LogP contribution in [-0.4, -0.2) is 25.2 Å². The van der Waals surface area contributed by atoms with E-state index in [4.69, 9.17) is 19.9 Å². The quantitative estimate of drug-likeness (QED) is 0.240. The minimum atomic E-state index is 0. The van der Waals surface area contributed by atoms with Crippen molar-refractivity contribution in [1.82, 2.24) is 4.98 Å². The van der Waals surface area contributed by atoms with Crippen molar-refractivity contribution in [2.24, 2.45) is 10.7 Å². The fourth-order valence-electron chi connectivity index (χ4n) is 2.77. The highest BCUT2D eigenvalue weighted by Gasteiger charge is 2.13. The van der Waals surface area contributed by atoms with Crippen molar-refractivity contribution in [3.05, 3.63) is 71.9 Å². The lowest BCUT2D eigenvalue weighted by atomic mass is 10.1. The Morgan fingerprint density at radius 2 is 1.61 bits per heavy atom. The molecule has 1 aromatic heterocycles. The van der Waals surface area contributed by atoms with Crippen LogP contribution in [0.3, 0.4) is 0 Å². The van der Waals surface area contributed by atoms with E-state index in [2.05, 4.69) is 34.3 Å². The predicted octanol–water partition coefficient (Wildman–Crippen LogP) is 5.00. The number of rotatable bonds is 8. The molecular formula is C23H27IN4O3. The number of benzene rings is 2. The molecule has 164 valence electrons. The molecule has 0 fully saturated rings. The number of pyridine rings is 1. The molecule has 0 spiro atoms. The monoisotopic (exact) mass is 534 g/mol. The first-order chi connectivity index (χ1) is 14.6. The van der Waals surface area contributed by atoms with Crippen LogP contribution in [0.4, 0.5) is 5.69 Å². The van der Waals surface area contributed by atoms with Gasteiger partial charge >= 0.3 is 0 Å². The summed E-state index contributed by atoms with van der Waals surface area (Å²) in [5.41, 5.74) is 9.07. The molecule has 2 aromatic carbocycles. The summed E-state index contributed by atoms with van der Waals surface area (Å²) < 4.78 is 16.5. The molecule has 1 heterocycles. The third-order valence-electron chi connectivity index (χ3n) is 4.45. The van der Waals surface area contributed by atoms with Gasteiger partial charge in [0, 0.05) is 18.0 Å². The van der Waals surface area contributed by atoms with Crippen molar-refractivity contribution in [3.8, 4) is 23.1 Å². The van der Waals surface area contributed by atoms with Gasteiger partial charge in [0.2, 0.25) is 11.6 Å². The molecule has 0 radical (unpaired) electrons. The number of para-hydroxylation sites is 1. The van der Waals surface area contributed by atoms with Gasteiger partial charge in [0.15, 0.2) is 17.5 Å². The summed E-state index contributed by atoms with van der Waals surface area (Å²) in [5.74, 6) is 2.38. The highest BCUT2D eigenvalue weighted by Crippen LogP contribution is 2.39. The van der Waals surface area contributed by atoms with E-state index in [0.717, 1.165) is 17.7 Å². The number of aryl methyl sites for hydroxylation is 1. The molecular weight excluding hydrogens is 507 g/mol. The largest absolute Gasteiger partial charge is 0.493 e. The molecule has 0 saturated carbocycles. The second kappa shape index (κ2) is 12.0. The van der Waals surface area contributed by atoms with Gasteiger partial charge in [-0.05, 0) is 41.8 Å². The fourth-order valence-corrected chi connectivity index (χ4v) is 2.77. The molecule has 0 aliphatic carbocycles. The van der Waals surface area contributed by atoms with Crippen molar-refractivity contribution in [2.75, 3.05) is 19.5 Å². The van der Waals surface area contributed by atoms with Crippen LogP contribution < -0.4 is 25.3 Å². The summed E-state index contributed by atoms with van der Waals surface area (Å²) in [6, 6.07) is 17.2. The number of hydrogen-bond acceptors (Lipinski definition) is 5. The minimum absolute atomic E-state index is 0. The third kappa shape index (κ3) is 6.74. The van der Waals surface area contributed by atoms with Crippen LogP contribution in [0.15, 0.2) is 65.8 Å². The van der Waals surface area contributed by atoms with Crippen LogP contribution in [0.1, 0.15) is 18.1 Å². The van der Waals surface area contributed by atoms with Crippen LogP contribution in [-0.2, 0) is 13.0 Å². The van der Waals surface area contributed by atoms with Crippen molar-refractivity contribution in [2.45, 2.75) is 19.9 Å². The molecule has 0 atom stereocenters. The van der Waals surface area contributed by atoms with Crippen LogP contribution >= 0.6 is 24.0 Å². The van der Waals surface area contributed by atoms with Gasteiger partial charge in [-0.2, -0.15) is 0 Å². The van der Waals surface area contributed by atoms with E-state index >= 15 is 0 Å². The van der Waals surface area contributed by atoms with E-state index < -0.39 is 0 Å². The van der Waals surface area contributed by atoms with Gasteiger partial charge in [0.25, 0.3) is 0 Å². The summed E-state index contributed by atoms with van der Waals surface area (Å²) in [7, 11) is 3.15. The Balaban J connectivity index is 0.00000341. The highest BCUT2D eigenvalue weighted by atomic mass is 127. The van der Waals surface area contributed by atoms with E-state index in [1.165, 1.54) is 5.56 Å². The van der Waals surface area contributed by atoms with Crippen LogP contribution in [0.5, 0.6) is 23.1 Å². The molecule has 7 nitrogen and oxygen atoms in total. The lowest BCUT2D eigenvalue weighted by Crippen LogP contribution is -2.22. The predicted molar refractivity (Wildman–Crippen MR) is 134 cm³/mol. The number of nitrogens with one attached hydrogen (secondary N) is 1. The maximum atomic E-state index is 5.99. The number of methoxy groups -OCH3 is 2. The smallest absolute Gasteiger partial charge is 0.219 e. The Hall–Kier alpha value is -3.01. The maximum absolute atomic E-state index is 5.99. The number of aromatic nitrogens is 1. The Kier molecular flexibility index (Phi) is 9.39. The van der Waals surface area contributed by atoms with Crippen LogP contribution in [0.2, 0.25) is 0 Å². The van der Waals surface area contributed by atoms with Gasteiger partial charge in [0.05, 0.1) is 20.8 Å². The van der Waals surface area contributed by atoms with E-state index in [0.29, 0.717) is 35.6 Å². The van der Waals surface area contributed by atoms with Crippen molar-refractivity contribution < 1.29 is 14.2 Å². The lowest BCUT2D eigenvalue weighted by Gasteiger charge is -2.13. The van der Waals surface area contributed by atoms with Crippen molar-refractivity contribution >= 4 is 35.6 Å². The molecule has 0 aliphatic rings. The highest BCUT2D eigenvalue weighted by molar-refractivity contribution is 14.0. The van der Waals surface area contributed by atoms with Gasteiger partial charge in [0.1, 0.15) is 0 Å². The number of aliphatic imine (C=N–C) groups is 1. The molecule has 0 bridgehead atoms. The molecule has 3 rings (SSSR count). The maximum Gasteiger partial charge on any atom is 0.219 e. The SMILES string of the molecule is CCc1ccc(NC(N)=NCc2ccc(Oc3c(OC)cccc3OC)nc2)cc1.I. The first kappa shape index (κ1) is 24.3. The fraction of sp³-hybridized carbons (Fsp3) is 0.217. The number of nitrogens with zero attached hydrogens (tertiary/aromatic N) is 2. The summed E-state index contributed by atoms with van der Waals surface area (Å²) >= 11 is 0. The molecule has 31 heavy (non-hydrogen) atoms. The average Bonchev–Trinajstić information content (AvgIpc) is 2.79. The number of anilines is 1. The Morgan fingerprint density at radius 1 is 0.968 bits per heavy atom. The zero-order chi connectivity index (χ0) is 21.3. The normalized spacial score (nSPS) is 10.7. The lowest BCUT2D eigenvalue weighted by molar-refractivity contribution is 0.342. The average molecular weight is 534 g/mol. The van der Waals surface area contributed by atoms with Gasteiger partial charge < -0.3 is 25.3 Å². The number of halogens is 1. The molecule has 0 aliphatic heterocycles. The van der Waals surface area contributed by atoms with Gasteiger partial charge in [-0.15, -0.1) is 24.0 Å². The summed E-state index contributed by atoms with van der Waals surface area (Å²) in [6.45, 7) is 2.52. The molecule has 3 N–H and O–H groups in total. The minimum Gasteiger partial charge on any atom is -0.493 e.